The fraction of sp³-hybridized carbons (Fsp3) is 0.292. The lowest BCUT2D eigenvalue weighted by Crippen LogP contribution is -2.50. The van der Waals surface area contributed by atoms with E-state index < -0.39 is 34.4 Å². The highest BCUT2D eigenvalue weighted by molar-refractivity contribution is 6.08. The van der Waals surface area contributed by atoms with Crippen LogP contribution in [0.3, 0.4) is 0 Å². The molecule has 33 heavy (non-hydrogen) atoms. The summed E-state index contributed by atoms with van der Waals surface area (Å²) in [5.74, 6) is -2.53. The molecule has 0 spiro atoms. The minimum absolute atomic E-state index is 0.0290. The maximum absolute atomic E-state index is 14.4. The molecule has 3 aromatic rings. The van der Waals surface area contributed by atoms with Crippen molar-refractivity contribution in [1.82, 2.24) is 10.1 Å². The molecule has 2 aromatic heterocycles. The van der Waals surface area contributed by atoms with E-state index in [2.05, 4.69) is 21.9 Å². The Kier molecular flexibility index (Phi) is 4.72. The van der Waals surface area contributed by atoms with Gasteiger partial charge in [-0.1, -0.05) is 47.2 Å². The van der Waals surface area contributed by atoms with Gasteiger partial charge in [0.25, 0.3) is 0 Å². The van der Waals surface area contributed by atoms with Crippen LogP contribution in [0.2, 0.25) is 0 Å². The summed E-state index contributed by atoms with van der Waals surface area (Å²) >= 11 is 0. The van der Waals surface area contributed by atoms with Crippen molar-refractivity contribution in [2.75, 3.05) is 7.11 Å². The van der Waals surface area contributed by atoms with Crippen LogP contribution in [0.15, 0.2) is 58.9 Å². The zero-order valence-electron chi connectivity index (χ0n) is 17.9. The Morgan fingerprint density at radius 2 is 2.03 bits per heavy atom. The van der Waals surface area contributed by atoms with Crippen molar-refractivity contribution in [3.05, 3.63) is 77.2 Å². The van der Waals surface area contributed by atoms with E-state index in [-0.39, 0.29) is 5.69 Å². The van der Waals surface area contributed by atoms with Crippen LogP contribution in [-0.4, -0.2) is 23.0 Å². The fourth-order valence-corrected chi connectivity index (χ4v) is 4.76. The van der Waals surface area contributed by atoms with Gasteiger partial charge in [-0.25, -0.2) is 0 Å². The smallest absolute Gasteiger partial charge is 0.353 e. The predicted octanol–water partition coefficient (Wildman–Crippen LogP) is 5.58. The SMILES string of the molecule is C=Cc1ccc2c(c1)CCC1(C)C2=NOC1(OC)c1onc(-c2ccccn2)c1C(F)(F)F. The number of benzene rings is 1. The van der Waals surface area contributed by atoms with E-state index in [4.69, 9.17) is 14.1 Å². The van der Waals surface area contributed by atoms with Gasteiger partial charge < -0.3 is 14.1 Å². The molecule has 170 valence electrons. The van der Waals surface area contributed by atoms with Crippen LogP contribution in [0, 0.1) is 5.41 Å². The first-order valence-electron chi connectivity index (χ1n) is 10.3. The molecule has 1 aliphatic heterocycles. The third-order valence-electron chi connectivity index (χ3n) is 6.50. The summed E-state index contributed by atoms with van der Waals surface area (Å²) < 4.78 is 54.2. The van der Waals surface area contributed by atoms with E-state index in [1.165, 1.54) is 19.4 Å². The Morgan fingerprint density at radius 3 is 2.70 bits per heavy atom. The Bertz CT molecular complexity index is 1270. The molecule has 2 unspecified atom stereocenters. The van der Waals surface area contributed by atoms with Crippen molar-refractivity contribution >= 4 is 11.8 Å². The van der Waals surface area contributed by atoms with E-state index in [0.29, 0.717) is 18.6 Å². The van der Waals surface area contributed by atoms with Gasteiger partial charge in [-0.3, -0.25) is 4.98 Å². The van der Waals surface area contributed by atoms with Crippen LogP contribution in [0.4, 0.5) is 13.2 Å². The lowest BCUT2D eigenvalue weighted by atomic mass is 9.65. The van der Waals surface area contributed by atoms with Crippen LogP contribution in [0.5, 0.6) is 0 Å². The standard InChI is InChI=1S/C24H20F3N3O3/c1-4-14-8-9-16-15(13-14)10-11-22(2)20(16)30-33-23(22,31-3)21-18(24(25,26)27)19(29-32-21)17-7-5-6-12-28-17/h4-9,12-13H,1,10-11H2,2-3H3. The second-order valence-corrected chi connectivity index (χ2v) is 8.25. The monoisotopic (exact) mass is 455 g/mol. The second kappa shape index (κ2) is 7.28. The summed E-state index contributed by atoms with van der Waals surface area (Å²) in [6.45, 7) is 5.56. The third-order valence-corrected chi connectivity index (χ3v) is 6.50. The molecule has 0 radical (unpaired) electrons. The molecule has 2 atom stereocenters. The summed E-state index contributed by atoms with van der Waals surface area (Å²) in [5.41, 5.74) is 0.713. The molecule has 2 aliphatic rings. The van der Waals surface area contributed by atoms with Crippen molar-refractivity contribution < 1.29 is 27.3 Å². The first-order valence-corrected chi connectivity index (χ1v) is 10.3. The number of hydrogen-bond acceptors (Lipinski definition) is 6. The Morgan fingerprint density at radius 1 is 1.21 bits per heavy atom. The largest absolute Gasteiger partial charge is 0.422 e. The highest BCUT2D eigenvalue weighted by atomic mass is 19.4. The molecule has 6 nitrogen and oxygen atoms in total. The van der Waals surface area contributed by atoms with Gasteiger partial charge in [0.05, 0.1) is 11.1 Å². The maximum atomic E-state index is 14.4. The molecule has 9 heteroatoms. The average molecular weight is 455 g/mol. The van der Waals surface area contributed by atoms with Crippen LogP contribution in [-0.2, 0) is 28.0 Å². The molecule has 3 heterocycles. The lowest BCUT2D eigenvalue weighted by molar-refractivity contribution is -0.277. The predicted molar refractivity (Wildman–Crippen MR) is 114 cm³/mol. The van der Waals surface area contributed by atoms with Crippen molar-refractivity contribution in [1.29, 1.82) is 0 Å². The topological polar surface area (TPSA) is 69.7 Å². The van der Waals surface area contributed by atoms with Crippen LogP contribution >= 0.6 is 0 Å². The fourth-order valence-electron chi connectivity index (χ4n) is 4.76. The number of oxime groups is 1. The number of fused-ring (bicyclic) bond motifs is 3. The maximum Gasteiger partial charge on any atom is 0.422 e. The Hall–Kier alpha value is -3.46. The molecular weight excluding hydrogens is 435 g/mol. The number of methoxy groups -OCH3 is 1. The molecule has 0 N–H and O–H groups in total. The number of hydrogen-bond donors (Lipinski definition) is 0. The van der Waals surface area contributed by atoms with Crippen LogP contribution in [0.1, 0.15) is 41.4 Å². The van der Waals surface area contributed by atoms with E-state index in [0.717, 1.165) is 16.7 Å². The second-order valence-electron chi connectivity index (χ2n) is 8.25. The summed E-state index contributed by atoms with van der Waals surface area (Å²) in [4.78, 5) is 9.73. The number of aromatic nitrogens is 2. The number of aryl methyl sites for hydroxylation is 1. The minimum atomic E-state index is -4.80. The van der Waals surface area contributed by atoms with E-state index in [1.807, 2.05) is 18.2 Å². The van der Waals surface area contributed by atoms with E-state index in [1.54, 1.807) is 25.1 Å². The zero-order chi connectivity index (χ0) is 23.4. The molecule has 0 saturated heterocycles. The highest BCUT2D eigenvalue weighted by Gasteiger charge is 2.66. The molecule has 1 aliphatic carbocycles. The Labute approximate surface area is 187 Å². The number of nitrogens with zero attached hydrogens (tertiary/aromatic N) is 3. The van der Waals surface area contributed by atoms with Gasteiger partial charge >= 0.3 is 12.0 Å². The molecule has 0 saturated carbocycles. The lowest BCUT2D eigenvalue weighted by Gasteiger charge is -2.41. The van der Waals surface area contributed by atoms with Gasteiger partial charge in [-0.2, -0.15) is 13.2 Å². The van der Waals surface area contributed by atoms with Crippen molar-refractivity contribution in [3.63, 3.8) is 0 Å². The van der Waals surface area contributed by atoms with Gasteiger partial charge in [0.1, 0.15) is 17.0 Å². The average Bonchev–Trinajstić information content (AvgIpc) is 3.39. The number of rotatable bonds is 4. The molecule has 5 rings (SSSR count). The molecular formula is C24H20F3N3O3. The van der Waals surface area contributed by atoms with Crippen LogP contribution < -0.4 is 0 Å². The number of pyridine rings is 1. The van der Waals surface area contributed by atoms with E-state index >= 15 is 0 Å². The summed E-state index contributed by atoms with van der Waals surface area (Å²) in [5, 5.41) is 7.97. The minimum Gasteiger partial charge on any atom is -0.353 e. The number of halogens is 3. The third kappa shape index (κ3) is 2.95. The normalized spacial score (nSPS) is 24.0. The summed E-state index contributed by atoms with van der Waals surface area (Å²) in [6, 6.07) is 10.4. The van der Waals surface area contributed by atoms with Gasteiger partial charge in [0.15, 0.2) is 0 Å². The number of ether oxygens (including phenoxy) is 1. The molecule has 0 bridgehead atoms. The first kappa shape index (κ1) is 21.4. The van der Waals surface area contributed by atoms with Crippen molar-refractivity contribution in [2.24, 2.45) is 10.6 Å². The molecule has 0 amide bonds. The number of alkyl halides is 3. The summed E-state index contributed by atoms with van der Waals surface area (Å²) in [6.07, 6.45) is -0.667. The van der Waals surface area contributed by atoms with Gasteiger partial charge in [0, 0.05) is 18.9 Å². The van der Waals surface area contributed by atoms with E-state index in [9.17, 15) is 13.2 Å². The Balaban J connectivity index is 1.69. The van der Waals surface area contributed by atoms with Gasteiger partial charge in [0.2, 0.25) is 5.76 Å². The van der Waals surface area contributed by atoms with Crippen molar-refractivity contribution in [3.8, 4) is 11.4 Å². The quantitative estimate of drug-likeness (QED) is 0.513. The van der Waals surface area contributed by atoms with Crippen molar-refractivity contribution in [2.45, 2.75) is 31.7 Å². The van der Waals surface area contributed by atoms with Gasteiger partial charge in [-0.15, -0.1) is 0 Å². The highest BCUT2D eigenvalue weighted by Crippen LogP contribution is 2.58. The van der Waals surface area contributed by atoms with Gasteiger partial charge in [-0.05, 0) is 43.0 Å². The molecule has 1 aromatic carbocycles. The first-order chi connectivity index (χ1) is 15.7. The summed E-state index contributed by atoms with van der Waals surface area (Å²) in [7, 11) is 1.28. The van der Waals surface area contributed by atoms with Crippen LogP contribution in [0.25, 0.3) is 17.5 Å². The molecule has 0 fully saturated rings. The zero-order valence-corrected chi connectivity index (χ0v) is 17.9.